The van der Waals surface area contributed by atoms with Gasteiger partial charge in [-0.25, -0.2) is 9.59 Å². The molecule has 5 nitrogen and oxygen atoms in total. The van der Waals surface area contributed by atoms with Crippen LogP contribution in [0, 0.1) is 3.57 Å². The Hall–Kier alpha value is -1.80. The zero-order valence-electron chi connectivity index (χ0n) is 10.6. The predicted octanol–water partition coefficient (Wildman–Crippen LogP) is 4.29. The molecule has 2 aromatic rings. The van der Waals surface area contributed by atoms with E-state index in [1.807, 2.05) is 12.1 Å². The molecule has 21 heavy (non-hydrogen) atoms. The summed E-state index contributed by atoms with van der Waals surface area (Å²) in [7, 11) is 0. The molecule has 108 valence electrons. The zero-order valence-corrected chi connectivity index (χ0v) is 13.5. The zero-order chi connectivity index (χ0) is 15.4. The first kappa shape index (κ1) is 15.6. The van der Waals surface area contributed by atoms with Crippen molar-refractivity contribution in [2.75, 3.05) is 10.6 Å². The van der Waals surface area contributed by atoms with E-state index in [0.717, 1.165) is 3.57 Å². The largest absolute Gasteiger partial charge is 0.478 e. The lowest BCUT2D eigenvalue weighted by atomic mass is 10.2. The summed E-state index contributed by atoms with van der Waals surface area (Å²) in [5, 5.41) is 14.6. The van der Waals surface area contributed by atoms with Crippen molar-refractivity contribution in [1.29, 1.82) is 0 Å². The normalized spacial score (nSPS) is 10.0. The highest BCUT2D eigenvalue weighted by atomic mass is 127. The maximum atomic E-state index is 11.9. The number of amides is 2. The lowest BCUT2D eigenvalue weighted by Gasteiger charge is -2.11. The molecule has 0 heterocycles. The number of hydrogen-bond acceptors (Lipinski definition) is 2. The predicted molar refractivity (Wildman–Crippen MR) is 90.2 cm³/mol. The molecule has 2 amide bonds. The lowest BCUT2D eigenvalue weighted by Crippen LogP contribution is -2.21. The first-order valence-electron chi connectivity index (χ1n) is 5.83. The Kier molecular flexibility index (Phi) is 5.03. The SMILES string of the molecule is O=C(Nc1ccccc1I)Nc1ccc(Cl)cc1C(=O)O. The Balaban J connectivity index is 2.17. The van der Waals surface area contributed by atoms with Crippen LogP contribution in [0.4, 0.5) is 16.2 Å². The third-order valence-electron chi connectivity index (χ3n) is 2.58. The number of benzene rings is 2. The molecule has 0 bridgehead atoms. The van der Waals surface area contributed by atoms with E-state index in [9.17, 15) is 9.59 Å². The summed E-state index contributed by atoms with van der Waals surface area (Å²) in [6, 6.07) is 11.0. The van der Waals surface area contributed by atoms with Gasteiger partial charge in [-0.3, -0.25) is 0 Å². The standard InChI is InChI=1S/C14H10ClIN2O3/c15-8-5-6-11(9(7-8)13(19)20)17-14(21)18-12-4-2-1-3-10(12)16/h1-7H,(H,19,20)(H2,17,18,21). The van der Waals surface area contributed by atoms with E-state index in [1.165, 1.54) is 18.2 Å². The maximum Gasteiger partial charge on any atom is 0.337 e. The smallest absolute Gasteiger partial charge is 0.337 e. The van der Waals surface area contributed by atoms with Crippen molar-refractivity contribution in [2.45, 2.75) is 0 Å². The van der Waals surface area contributed by atoms with Gasteiger partial charge in [0.05, 0.1) is 16.9 Å². The minimum atomic E-state index is -1.16. The summed E-state index contributed by atoms with van der Waals surface area (Å²) in [5.74, 6) is -1.16. The van der Waals surface area contributed by atoms with Gasteiger partial charge in [0.15, 0.2) is 0 Å². The van der Waals surface area contributed by atoms with E-state index >= 15 is 0 Å². The number of carboxylic acids is 1. The number of para-hydroxylation sites is 1. The van der Waals surface area contributed by atoms with Crippen molar-refractivity contribution < 1.29 is 14.7 Å². The number of carboxylic acid groups (broad SMARTS) is 1. The summed E-state index contributed by atoms with van der Waals surface area (Å²) >= 11 is 7.85. The number of carbonyl (C=O) groups is 2. The third kappa shape index (κ3) is 4.08. The highest BCUT2D eigenvalue weighted by molar-refractivity contribution is 14.1. The van der Waals surface area contributed by atoms with E-state index in [1.54, 1.807) is 12.1 Å². The average Bonchev–Trinajstić information content (AvgIpc) is 2.43. The Morgan fingerprint density at radius 1 is 1.05 bits per heavy atom. The molecule has 0 atom stereocenters. The summed E-state index contributed by atoms with van der Waals surface area (Å²) in [4.78, 5) is 23.1. The van der Waals surface area contributed by atoms with Crippen LogP contribution in [-0.4, -0.2) is 17.1 Å². The minimum Gasteiger partial charge on any atom is -0.478 e. The Labute approximate surface area is 139 Å². The van der Waals surface area contributed by atoms with Gasteiger partial charge >= 0.3 is 12.0 Å². The number of rotatable bonds is 3. The van der Waals surface area contributed by atoms with Crippen LogP contribution in [0.5, 0.6) is 0 Å². The van der Waals surface area contributed by atoms with Crippen molar-refractivity contribution in [1.82, 2.24) is 0 Å². The van der Waals surface area contributed by atoms with Crippen molar-refractivity contribution in [3.8, 4) is 0 Å². The number of carbonyl (C=O) groups excluding carboxylic acids is 1. The average molecular weight is 417 g/mol. The van der Waals surface area contributed by atoms with E-state index in [4.69, 9.17) is 16.7 Å². The molecule has 0 radical (unpaired) electrons. The quantitative estimate of drug-likeness (QED) is 0.653. The summed E-state index contributed by atoms with van der Waals surface area (Å²) in [6.45, 7) is 0. The Bertz CT molecular complexity index is 706. The molecular formula is C14H10ClIN2O3. The fourth-order valence-electron chi connectivity index (χ4n) is 1.64. The van der Waals surface area contributed by atoms with Gasteiger partial charge in [0.25, 0.3) is 0 Å². The van der Waals surface area contributed by atoms with Gasteiger partial charge in [0.2, 0.25) is 0 Å². The van der Waals surface area contributed by atoms with Gasteiger partial charge in [-0.15, -0.1) is 0 Å². The molecule has 0 saturated heterocycles. The van der Waals surface area contributed by atoms with Gasteiger partial charge in [-0.05, 0) is 52.9 Å². The number of hydrogen-bond donors (Lipinski definition) is 3. The van der Waals surface area contributed by atoms with E-state index in [0.29, 0.717) is 5.69 Å². The van der Waals surface area contributed by atoms with Crippen LogP contribution in [0.1, 0.15) is 10.4 Å². The molecule has 2 rings (SSSR count). The second-order valence-corrected chi connectivity index (χ2v) is 5.65. The van der Waals surface area contributed by atoms with Gasteiger partial charge in [0, 0.05) is 8.59 Å². The minimum absolute atomic E-state index is 0.0691. The molecule has 0 aliphatic rings. The molecule has 0 aliphatic heterocycles. The Morgan fingerprint density at radius 2 is 1.71 bits per heavy atom. The molecule has 0 aromatic heterocycles. The molecule has 7 heteroatoms. The number of urea groups is 1. The fourth-order valence-corrected chi connectivity index (χ4v) is 2.34. The third-order valence-corrected chi connectivity index (χ3v) is 3.76. The van der Waals surface area contributed by atoms with Gasteiger partial charge < -0.3 is 15.7 Å². The second-order valence-electron chi connectivity index (χ2n) is 4.05. The molecule has 0 spiro atoms. The van der Waals surface area contributed by atoms with E-state index in [2.05, 4.69) is 33.2 Å². The summed E-state index contributed by atoms with van der Waals surface area (Å²) in [6.07, 6.45) is 0. The lowest BCUT2D eigenvalue weighted by molar-refractivity contribution is 0.0698. The number of anilines is 2. The molecule has 0 fully saturated rings. The van der Waals surface area contributed by atoms with Crippen LogP contribution in [0.2, 0.25) is 5.02 Å². The van der Waals surface area contributed by atoms with Crippen LogP contribution in [0.3, 0.4) is 0 Å². The monoisotopic (exact) mass is 416 g/mol. The molecule has 0 aliphatic carbocycles. The van der Waals surface area contributed by atoms with Crippen LogP contribution in [0.25, 0.3) is 0 Å². The van der Waals surface area contributed by atoms with Crippen molar-refractivity contribution in [3.63, 3.8) is 0 Å². The van der Waals surface area contributed by atoms with Crippen molar-refractivity contribution >= 4 is 57.6 Å². The summed E-state index contributed by atoms with van der Waals surface area (Å²) < 4.78 is 0.875. The van der Waals surface area contributed by atoms with Gasteiger partial charge in [0.1, 0.15) is 0 Å². The van der Waals surface area contributed by atoms with E-state index in [-0.39, 0.29) is 16.3 Å². The topological polar surface area (TPSA) is 78.4 Å². The van der Waals surface area contributed by atoms with Crippen molar-refractivity contribution in [3.05, 3.63) is 56.6 Å². The van der Waals surface area contributed by atoms with Crippen LogP contribution < -0.4 is 10.6 Å². The number of nitrogens with one attached hydrogen (secondary N) is 2. The van der Waals surface area contributed by atoms with Crippen LogP contribution >= 0.6 is 34.2 Å². The summed E-state index contributed by atoms with van der Waals surface area (Å²) in [5.41, 5.74) is 0.747. The molecule has 2 aromatic carbocycles. The maximum absolute atomic E-state index is 11.9. The molecule has 0 unspecified atom stereocenters. The highest BCUT2D eigenvalue weighted by Gasteiger charge is 2.13. The molecule has 0 saturated carbocycles. The van der Waals surface area contributed by atoms with E-state index < -0.39 is 12.0 Å². The fraction of sp³-hybridized carbons (Fsp3) is 0. The highest BCUT2D eigenvalue weighted by Crippen LogP contribution is 2.22. The van der Waals surface area contributed by atoms with Gasteiger partial charge in [-0.2, -0.15) is 0 Å². The van der Waals surface area contributed by atoms with Crippen LogP contribution in [0.15, 0.2) is 42.5 Å². The molecular weight excluding hydrogens is 407 g/mol. The second kappa shape index (κ2) is 6.77. The molecule has 3 N–H and O–H groups in total. The Morgan fingerprint density at radius 3 is 2.38 bits per heavy atom. The first-order valence-corrected chi connectivity index (χ1v) is 7.28. The van der Waals surface area contributed by atoms with Crippen molar-refractivity contribution in [2.24, 2.45) is 0 Å². The first-order chi connectivity index (χ1) is 9.97. The van der Waals surface area contributed by atoms with Gasteiger partial charge in [-0.1, -0.05) is 23.7 Å². The number of halogens is 2. The number of aromatic carboxylic acids is 1. The van der Waals surface area contributed by atoms with Crippen LogP contribution in [-0.2, 0) is 0 Å².